The van der Waals surface area contributed by atoms with Crippen molar-refractivity contribution in [2.24, 2.45) is 0 Å². The molecule has 0 spiro atoms. The molecule has 0 saturated carbocycles. The lowest BCUT2D eigenvalue weighted by Crippen LogP contribution is -1.98. The summed E-state index contributed by atoms with van der Waals surface area (Å²) in [6.45, 7) is 0. The smallest absolute Gasteiger partial charge is 0.161 e. The first-order chi connectivity index (χ1) is 10.6. The van der Waals surface area contributed by atoms with Gasteiger partial charge in [0.15, 0.2) is 11.5 Å². The molecule has 5 heteroatoms. The molecule has 22 heavy (non-hydrogen) atoms. The van der Waals surface area contributed by atoms with Gasteiger partial charge in [0.2, 0.25) is 0 Å². The Morgan fingerprint density at radius 1 is 1.00 bits per heavy atom. The molecule has 0 aliphatic carbocycles. The second-order valence-electron chi connectivity index (χ2n) is 4.55. The zero-order chi connectivity index (χ0) is 16.1. The second kappa shape index (κ2) is 7.81. The highest BCUT2D eigenvalue weighted by atomic mass is 79.9. The monoisotopic (exact) mass is 426 g/mol. The molecule has 0 heterocycles. The average Bonchev–Trinajstić information content (AvgIpc) is 2.53. The quantitative estimate of drug-likeness (QED) is 0.731. The van der Waals surface area contributed by atoms with Crippen molar-refractivity contribution in [3.63, 3.8) is 0 Å². The molecule has 0 radical (unpaired) electrons. The lowest BCUT2D eigenvalue weighted by molar-refractivity contribution is 0.228. The molecular formula is C17H16Br2O3. The van der Waals surface area contributed by atoms with Gasteiger partial charge in [-0.2, -0.15) is 0 Å². The van der Waals surface area contributed by atoms with E-state index in [1.165, 1.54) is 0 Å². The van der Waals surface area contributed by atoms with Crippen LogP contribution in [0, 0.1) is 0 Å². The Hall–Kier alpha value is -1.30. The number of hydrogen-bond acceptors (Lipinski definition) is 3. The van der Waals surface area contributed by atoms with E-state index in [2.05, 4.69) is 31.9 Å². The van der Waals surface area contributed by atoms with Crippen LogP contribution in [-0.2, 0) is 0 Å². The molecule has 0 aliphatic heterocycles. The highest BCUT2D eigenvalue weighted by molar-refractivity contribution is 9.10. The van der Waals surface area contributed by atoms with Gasteiger partial charge in [-0.1, -0.05) is 62.2 Å². The summed E-state index contributed by atoms with van der Waals surface area (Å²) in [4.78, 5) is 0. The molecule has 2 aromatic rings. The van der Waals surface area contributed by atoms with Gasteiger partial charge in [-0.3, -0.25) is 0 Å². The highest BCUT2D eigenvalue weighted by Gasteiger charge is 2.14. The molecule has 0 amide bonds. The summed E-state index contributed by atoms with van der Waals surface area (Å²) in [7, 11) is 3.14. The Kier molecular flexibility index (Phi) is 6.06. The molecule has 0 saturated heterocycles. The molecule has 0 fully saturated rings. The summed E-state index contributed by atoms with van der Waals surface area (Å²) < 4.78 is 12.2. The molecule has 2 rings (SSSR count). The number of halogens is 2. The lowest BCUT2D eigenvalue weighted by Gasteiger charge is -2.14. The van der Waals surface area contributed by atoms with E-state index in [0.717, 1.165) is 14.5 Å². The van der Waals surface area contributed by atoms with Crippen molar-refractivity contribution in [2.75, 3.05) is 14.2 Å². The van der Waals surface area contributed by atoms with Gasteiger partial charge in [0.25, 0.3) is 0 Å². The maximum atomic E-state index is 10.4. The number of rotatable bonds is 5. The van der Waals surface area contributed by atoms with Gasteiger partial charge in [-0.15, -0.1) is 0 Å². The number of methoxy groups -OCH3 is 2. The summed E-state index contributed by atoms with van der Waals surface area (Å²) >= 11 is 6.93. The largest absolute Gasteiger partial charge is 0.493 e. The third-order valence-corrected chi connectivity index (χ3v) is 4.59. The molecular weight excluding hydrogens is 412 g/mol. The van der Waals surface area contributed by atoms with E-state index in [1.54, 1.807) is 32.4 Å². The van der Waals surface area contributed by atoms with Crippen LogP contribution in [0.1, 0.15) is 17.2 Å². The molecule has 116 valence electrons. The van der Waals surface area contributed by atoms with Crippen molar-refractivity contribution in [3.8, 4) is 11.5 Å². The number of hydrogen-bond donors (Lipinski definition) is 1. The van der Waals surface area contributed by atoms with Crippen molar-refractivity contribution in [3.05, 3.63) is 62.5 Å². The van der Waals surface area contributed by atoms with Gasteiger partial charge >= 0.3 is 0 Å². The maximum absolute atomic E-state index is 10.4. The zero-order valence-electron chi connectivity index (χ0n) is 12.2. The van der Waals surface area contributed by atoms with Crippen molar-refractivity contribution >= 4 is 37.9 Å². The van der Waals surface area contributed by atoms with Crippen LogP contribution in [0.2, 0.25) is 0 Å². The second-order valence-corrected chi connectivity index (χ2v) is 6.26. The van der Waals surface area contributed by atoms with E-state index >= 15 is 0 Å². The molecule has 1 unspecified atom stereocenters. The number of benzene rings is 2. The van der Waals surface area contributed by atoms with E-state index in [-0.39, 0.29) is 0 Å². The van der Waals surface area contributed by atoms with Crippen LogP contribution in [0.25, 0.3) is 6.08 Å². The molecule has 1 atom stereocenters. The van der Waals surface area contributed by atoms with Crippen LogP contribution in [0.3, 0.4) is 0 Å². The lowest BCUT2D eigenvalue weighted by atomic mass is 10.1. The van der Waals surface area contributed by atoms with Crippen molar-refractivity contribution in [1.29, 1.82) is 0 Å². The highest BCUT2D eigenvalue weighted by Crippen LogP contribution is 2.36. The topological polar surface area (TPSA) is 38.7 Å². The number of aliphatic hydroxyl groups is 1. The van der Waals surface area contributed by atoms with Crippen LogP contribution in [-0.4, -0.2) is 19.3 Å². The first-order valence-electron chi connectivity index (χ1n) is 6.59. The summed E-state index contributed by atoms with van der Waals surface area (Å²) in [6.07, 6.45) is 2.84. The first kappa shape index (κ1) is 17.1. The molecule has 0 aromatic heterocycles. The molecule has 2 aromatic carbocycles. The SMILES string of the molecule is COc1cc(Br)c(C(O)/C=C/c2ccccc2Br)cc1OC. The van der Waals surface area contributed by atoms with Gasteiger partial charge < -0.3 is 14.6 Å². The minimum absolute atomic E-state index is 0.578. The fourth-order valence-electron chi connectivity index (χ4n) is 2.01. The summed E-state index contributed by atoms with van der Waals surface area (Å²) in [6, 6.07) is 11.4. The van der Waals surface area contributed by atoms with Crippen LogP contribution >= 0.6 is 31.9 Å². The minimum atomic E-state index is -0.763. The van der Waals surface area contributed by atoms with Crippen molar-refractivity contribution in [1.82, 2.24) is 0 Å². The van der Waals surface area contributed by atoms with E-state index in [9.17, 15) is 5.11 Å². The van der Waals surface area contributed by atoms with Gasteiger partial charge in [0.1, 0.15) is 0 Å². The number of aliphatic hydroxyl groups excluding tert-OH is 1. The first-order valence-corrected chi connectivity index (χ1v) is 8.17. The molecule has 3 nitrogen and oxygen atoms in total. The van der Waals surface area contributed by atoms with Crippen LogP contribution < -0.4 is 9.47 Å². The van der Waals surface area contributed by atoms with Gasteiger partial charge in [0, 0.05) is 14.5 Å². The van der Waals surface area contributed by atoms with E-state index < -0.39 is 6.10 Å². The van der Waals surface area contributed by atoms with Gasteiger partial charge in [0.05, 0.1) is 20.3 Å². The summed E-state index contributed by atoms with van der Waals surface area (Å²) in [5, 5.41) is 10.4. The van der Waals surface area contributed by atoms with Crippen LogP contribution in [0.4, 0.5) is 0 Å². The van der Waals surface area contributed by atoms with Gasteiger partial charge in [-0.05, 0) is 23.8 Å². The molecule has 0 bridgehead atoms. The van der Waals surface area contributed by atoms with E-state index in [4.69, 9.17) is 9.47 Å². The minimum Gasteiger partial charge on any atom is -0.493 e. The Balaban J connectivity index is 2.30. The van der Waals surface area contributed by atoms with Crippen LogP contribution in [0.5, 0.6) is 11.5 Å². The van der Waals surface area contributed by atoms with Crippen LogP contribution in [0.15, 0.2) is 51.4 Å². The summed E-state index contributed by atoms with van der Waals surface area (Å²) in [5.41, 5.74) is 1.71. The fourth-order valence-corrected chi connectivity index (χ4v) is 2.98. The predicted molar refractivity (Wildman–Crippen MR) is 95.4 cm³/mol. The Morgan fingerprint density at radius 3 is 2.27 bits per heavy atom. The normalized spacial score (nSPS) is 12.4. The Morgan fingerprint density at radius 2 is 1.64 bits per heavy atom. The van der Waals surface area contributed by atoms with Crippen molar-refractivity contribution in [2.45, 2.75) is 6.10 Å². The fraction of sp³-hybridized carbons (Fsp3) is 0.176. The number of ether oxygens (including phenoxy) is 2. The average molecular weight is 428 g/mol. The zero-order valence-corrected chi connectivity index (χ0v) is 15.4. The van der Waals surface area contributed by atoms with Crippen molar-refractivity contribution < 1.29 is 14.6 Å². The molecule has 1 N–H and O–H groups in total. The Labute approximate surface area is 146 Å². The van der Waals surface area contributed by atoms with E-state index in [0.29, 0.717) is 17.1 Å². The predicted octanol–water partition coefficient (Wildman–Crippen LogP) is 4.98. The van der Waals surface area contributed by atoms with Gasteiger partial charge in [-0.25, -0.2) is 0 Å². The summed E-state index contributed by atoms with van der Waals surface area (Å²) in [5.74, 6) is 1.19. The standard InChI is InChI=1S/C17H16Br2O3/c1-21-16-9-12(14(19)10-17(16)22-2)15(20)8-7-11-5-3-4-6-13(11)18/h3-10,15,20H,1-2H3/b8-7+. The Bertz CT molecular complexity index is 684. The van der Waals surface area contributed by atoms with E-state index in [1.807, 2.05) is 30.3 Å². The third kappa shape index (κ3) is 3.91. The molecule has 0 aliphatic rings. The third-order valence-electron chi connectivity index (χ3n) is 3.18. The maximum Gasteiger partial charge on any atom is 0.161 e.